The molecule has 0 bridgehead atoms. The van der Waals surface area contributed by atoms with Crippen molar-refractivity contribution in [3.05, 3.63) is 276 Å². The molecule has 5 amide bonds. The number of nitrogens with zero attached hydrogens (tertiary/aromatic N) is 6. The van der Waals surface area contributed by atoms with Gasteiger partial charge in [-0.15, -0.1) is 0 Å². The fraction of sp³-hybridized carbons (Fsp3) is 0.463. The van der Waals surface area contributed by atoms with E-state index in [2.05, 4.69) is 342 Å². The molecule has 9 aromatic carbocycles. The summed E-state index contributed by atoms with van der Waals surface area (Å²) in [4.78, 5) is 93.1. The highest BCUT2D eigenvalue weighted by molar-refractivity contribution is 6.02. The Bertz CT molecular complexity index is 6250. The van der Waals surface area contributed by atoms with Crippen LogP contribution in [0.4, 0.5) is 39.8 Å². The number of likely N-dealkylation sites (N-methyl/N-ethyl adjacent to an activating group) is 3. The number of nitrogens with one attached hydrogen (secondary N) is 3. The van der Waals surface area contributed by atoms with Crippen LogP contribution >= 0.6 is 0 Å². The molecule has 7 aliphatic rings. The lowest BCUT2D eigenvalue weighted by molar-refractivity contribution is -0.132. The van der Waals surface area contributed by atoms with E-state index in [4.69, 9.17) is 18.9 Å². The van der Waals surface area contributed by atoms with Crippen molar-refractivity contribution in [3.8, 4) is 23.0 Å². The van der Waals surface area contributed by atoms with Gasteiger partial charge in [0, 0.05) is 96.4 Å². The largest absolute Gasteiger partial charge is 0.490 e. The molecule has 20 heteroatoms. The van der Waals surface area contributed by atoms with Crippen LogP contribution in [-0.4, -0.2) is 113 Å². The lowest BCUT2D eigenvalue weighted by atomic mass is 9.85. The summed E-state index contributed by atoms with van der Waals surface area (Å²) < 4.78 is 23.8. The van der Waals surface area contributed by atoms with Gasteiger partial charge in [0.2, 0.25) is 17.4 Å². The number of benzene rings is 9. The summed E-state index contributed by atoms with van der Waals surface area (Å²) >= 11 is 0. The van der Waals surface area contributed by atoms with Crippen molar-refractivity contribution in [3.63, 3.8) is 0 Å². The number of ether oxygens (including phenoxy) is 4. The Hall–Kier alpha value is -12.5. The summed E-state index contributed by atoms with van der Waals surface area (Å²) in [6, 6.07) is 63.8. The van der Waals surface area contributed by atoms with Gasteiger partial charge in [-0.1, -0.05) is 272 Å². The molecular weight excluding hydrogens is 1760 g/mol. The second-order valence-electron chi connectivity index (χ2n) is 48.0. The molecule has 141 heavy (non-hydrogen) atoms. The Kier molecular flexibility index (Phi) is 34.1. The second-order valence-corrected chi connectivity index (χ2v) is 48.0. The number of hydrogen-bond donors (Lipinski definition) is 3. The number of carbonyl (C=O) groups is 5. The molecule has 18 rings (SSSR count). The number of pyridine rings is 2. The van der Waals surface area contributed by atoms with E-state index in [0.717, 1.165) is 99.2 Å². The lowest BCUT2D eigenvalue weighted by Crippen LogP contribution is -2.50. The molecule has 0 saturated carbocycles. The molecule has 9 heterocycles. The van der Waals surface area contributed by atoms with E-state index >= 15 is 0 Å². The number of aromatic amines is 1. The average molecular weight is 1920 g/mol. The van der Waals surface area contributed by atoms with E-state index in [1.54, 1.807) is 59.3 Å². The van der Waals surface area contributed by atoms with Crippen molar-refractivity contribution in [1.82, 2.24) is 9.55 Å². The highest BCUT2D eigenvalue weighted by Gasteiger charge is 2.40. The Morgan fingerprint density at radius 2 is 0.688 bits per heavy atom. The molecule has 0 unspecified atom stereocenters. The first kappa shape index (κ1) is 111. The van der Waals surface area contributed by atoms with Gasteiger partial charge in [0.05, 0.1) is 34.8 Å². The molecular formula is C121H161N9O11. The van der Waals surface area contributed by atoms with Crippen LogP contribution in [0.1, 0.15) is 287 Å². The van der Waals surface area contributed by atoms with Gasteiger partial charge in [-0.05, 0) is 257 Å². The Morgan fingerprint density at radius 1 is 0.305 bits per heavy atom. The van der Waals surface area contributed by atoms with Crippen molar-refractivity contribution in [1.29, 1.82) is 0 Å². The third kappa shape index (κ3) is 28.9. The molecule has 0 aliphatic carbocycles. The van der Waals surface area contributed by atoms with Crippen LogP contribution in [0.25, 0.3) is 21.8 Å². The van der Waals surface area contributed by atoms with Gasteiger partial charge in [-0.3, -0.25) is 33.6 Å². The molecule has 2 aromatic heterocycles. The molecule has 0 atom stereocenters. The molecule has 756 valence electrons. The maximum Gasteiger partial charge on any atom is 0.270 e. The van der Waals surface area contributed by atoms with Crippen molar-refractivity contribution in [2.45, 2.75) is 294 Å². The van der Waals surface area contributed by atoms with Crippen LogP contribution in [0.15, 0.2) is 198 Å². The Labute approximate surface area is 841 Å². The summed E-state index contributed by atoms with van der Waals surface area (Å²) in [6.07, 6.45) is 5.53. The predicted molar refractivity (Wildman–Crippen MR) is 587 cm³/mol. The first-order chi connectivity index (χ1) is 65.2. The van der Waals surface area contributed by atoms with E-state index < -0.39 is 5.60 Å². The number of amides is 5. The van der Waals surface area contributed by atoms with Crippen LogP contribution in [0.5, 0.6) is 23.0 Å². The van der Waals surface area contributed by atoms with Crippen LogP contribution in [0.2, 0.25) is 0 Å². The third-order valence-electron chi connectivity index (χ3n) is 26.7. The van der Waals surface area contributed by atoms with Gasteiger partial charge in [-0.2, -0.15) is 0 Å². The zero-order valence-corrected chi connectivity index (χ0v) is 91.4. The second kappa shape index (κ2) is 43.6. The number of aryl methyl sites for hydroxylation is 4. The summed E-state index contributed by atoms with van der Waals surface area (Å²) in [5, 5.41) is 7.92. The number of aromatic nitrogens is 2. The van der Waals surface area contributed by atoms with E-state index in [9.17, 15) is 33.6 Å². The molecule has 0 radical (unpaired) electrons. The zero-order chi connectivity index (χ0) is 105. The quantitative estimate of drug-likeness (QED) is 0.129. The maximum atomic E-state index is 12.2. The fourth-order valence-electron chi connectivity index (χ4n) is 16.9. The smallest absolute Gasteiger partial charge is 0.270 e. The van der Waals surface area contributed by atoms with Crippen LogP contribution < -0.4 is 65.2 Å². The molecule has 0 spiro atoms. The first-order valence-electron chi connectivity index (χ1n) is 49.8. The zero-order valence-electron chi connectivity index (χ0n) is 91.4. The summed E-state index contributed by atoms with van der Waals surface area (Å²) in [5.74, 6) is 3.57. The van der Waals surface area contributed by atoms with Crippen molar-refractivity contribution in [2.24, 2.45) is 7.05 Å². The van der Waals surface area contributed by atoms with Gasteiger partial charge >= 0.3 is 0 Å². The van der Waals surface area contributed by atoms with Gasteiger partial charge in [-0.25, -0.2) is 0 Å². The van der Waals surface area contributed by atoms with Gasteiger partial charge in [0.25, 0.3) is 23.3 Å². The number of rotatable bonds is 0. The van der Waals surface area contributed by atoms with Gasteiger partial charge in [0.15, 0.2) is 18.8 Å². The van der Waals surface area contributed by atoms with E-state index in [-0.39, 0.29) is 103 Å². The number of H-pyrrole nitrogens is 1. The molecule has 0 saturated heterocycles. The summed E-state index contributed by atoms with van der Waals surface area (Å²) in [5.41, 5.74) is 25.0. The first-order valence-corrected chi connectivity index (χ1v) is 49.8. The van der Waals surface area contributed by atoms with Crippen molar-refractivity contribution in [2.75, 3.05) is 103 Å². The fourth-order valence-corrected chi connectivity index (χ4v) is 16.9. The lowest BCUT2D eigenvalue weighted by Gasteiger charge is -2.37. The minimum absolute atomic E-state index is 0.00133. The number of anilines is 7. The van der Waals surface area contributed by atoms with Crippen LogP contribution in [0, 0.1) is 0 Å². The van der Waals surface area contributed by atoms with E-state index in [1.165, 1.54) is 97.5 Å². The van der Waals surface area contributed by atoms with Crippen LogP contribution in [0.3, 0.4) is 0 Å². The molecule has 7 aliphatic heterocycles. The Balaban J connectivity index is 0.000000163. The van der Waals surface area contributed by atoms with Gasteiger partial charge < -0.3 is 63.6 Å². The predicted octanol–water partition coefficient (Wildman–Crippen LogP) is 25.4. The van der Waals surface area contributed by atoms with Crippen molar-refractivity contribution < 1.29 is 42.9 Å². The third-order valence-corrected chi connectivity index (χ3v) is 26.7. The minimum atomic E-state index is -0.787. The van der Waals surface area contributed by atoms with Gasteiger partial charge in [0.1, 0.15) is 29.6 Å². The monoisotopic (exact) mass is 1920 g/mol. The maximum absolute atomic E-state index is 12.2. The number of carbonyl (C=O) groups excluding carboxylic acids is 5. The normalized spacial score (nSPS) is 15.3. The SMILES string of the molecule is CC(C)(C)c1ccc2c(c1)NC(=O)CC2.CC(C)(C)c1ccc2c(c1)NC(=O)CO2.CC(C)(C)c1ccc2ccc(=O)[nH]c2c1.CN1C(=O)C(C)(C)Oc2ccc(C(C)(C)C)cc21.CN1C(=O)CCc2ccc(C(C)(C)C)cc21.CN1C(=O)COc2ccc(C(C)(C)C)cc21.CN1CCCc2ccc(C(C)(C)C)cc21.CN1CCOc2ccc(C(C)(C)C)cc21.Cn1c(=O)ccc2ccc(C(C)(C)C)cc21. The Morgan fingerprint density at radius 3 is 1.23 bits per heavy atom. The summed E-state index contributed by atoms with van der Waals surface area (Å²) in [6.45, 7) is 65.8. The van der Waals surface area contributed by atoms with E-state index in [1.807, 2.05) is 74.8 Å². The minimum Gasteiger partial charge on any atom is -0.490 e. The number of fused-ring (bicyclic) bond motifs is 9. The molecule has 3 N–H and O–H groups in total. The van der Waals surface area contributed by atoms with Crippen molar-refractivity contribution >= 4 is 91.2 Å². The summed E-state index contributed by atoms with van der Waals surface area (Å²) in [7, 11) is 11.6. The highest BCUT2D eigenvalue weighted by atomic mass is 16.5. The number of hydrogen-bond acceptors (Lipinski definition) is 13. The van der Waals surface area contributed by atoms with E-state index in [0.29, 0.717) is 12.8 Å². The molecule has 20 nitrogen and oxygen atoms in total. The van der Waals surface area contributed by atoms with Crippen LogP contribution in [-0.2, 0) is 99.0 Å². The average Bonchev–Trinajstić information content (AvgIpc) is 0.755. The highest BCUT2D eigenvalue weighted by Crippen LogP contribution is 2.44. The standard InChI is InChI=1S/C15H21NO2.C14H19NO.C14H17NO.C14H21N.C13H17NO2.C13H19NO.C13H17NO.C13H15NO.C12H15NO2/c1-14(2,3)10-7-8-12-11(9-10)16(6)13(17)15(4,5)18-12;2*1-14(2,3)11-7-5-10-6-8-13(16)15(4)12(10)9-11;1-14(2,3)12-8-7-11-6-5-9-15(4)13(11)10-12;1-13(2,3)9-5-6-11-10(7-9)14(4)12(15)8-16-11;1-13(2,3)10-5-6-12-11(9-10)14(4)7-8-15-12;2*1-13(2,3)10-6-4-9-5-7-12(15)14-11(9)8-10;1-12(2,3)8-4-5-10-9(6-8)13-11(14)7-15-10/h7-9H,1-6H3;5,7,9H,6,8H2,1-4H3;5-9H,1-4H3;7-8,10H,5-6,9H2,1-4H3;5-7H,8H2,1-4H3;5-6,9H,7-8H2,1-4H3;4,6,8H,5,7H2,1-3H3,(H,14,15);4-8H,1-3H3,(H,14,15);4-6H,7H2,1-3H3,(H,13,14). The molecule has 11 aromatic rings. The molecule has 0 fully saturated rings. The topological polar surface area (TPSA) is 217 Å².